The number of piperidine rings is 1. The SMILES string of the molecule is O=C(O)c1c(OC2CN(C(=O)CC3CCCNC3)C2)ccc(CCB(O)O)c1O. The van der Waals surface area contributed by atoms with Crippen molar-refractivity contribution < 1.29 is 34.6 Å². The van der Waals surface area contributed by atoms with Crippen molar-refractivity contribution in [2.24, 2.45) is 5.92 Å². The van der Waals surface area contributed by atoms with Crippen LogP contribution in [-0.4, -0.2) is 76.4 Å². The lowest BCUT2D eigenvalue weighted by atomic mass is 9.82. The van der Waals surface area contributed by atoms with Crippen molar-refractivity contribution in [3.63, 3.8) is 0 Å². The van der Waals surface area contributed by atoms with Crippen LogP contribution in [0.1, 0.15) is 35.2 Å². The number of aromatic hydroxyl groups is 1. The highest BCUT2D eigenvalue weighted by Gasteiger charge is 2.34. The molecule has 3 rings (SSSR count). The number of ether oxygens (including phenoxy) is 1. The van der Waals surface area contributed by atoms with Gasteiger partial charge in [-0.05, 0) is 56.2 Å². The first-order valence-corrected chi connectivity index (χ1v) is 9.94. The van der Waals surface area contributed by atoms with Gasteiger partial charge in [0.15, 0.2) is 0 Å². The first kappa shape index (κ1) is 21.4. The number of carboxylic acids is 1. The van der Waals surface area contributed by atoms with Crippen LogP contribution in [-0.2, 0) is 11.2 Å². The molecule has 0 aliphatic carbocycles. The Labute approximate surface area is 169 Å². The van der Waals surface area contributed by atoms with E-state index in [4.69, 9.17) is 14.8 Å². The lowest BCUT2D eigenvalue weighted by Crippen LogP contribution is -2.56. The summed E-state index contributed by atoms with van der Waals surface area (Å²) in [5, 5.41) is 41.0. The number of hydrogen-bond donors (Lipinski definition) is 5. The van der Waals surface area contributed by atoms with Gasteiger partial charge in [-0.3, -0.25) is 4.79 Å². The molecular formula is C19H27BN2O7. The highest BCUT2D eigenvalue weighted by Crippen LogP contribution is 2.34. The predicted molar refractivity (Wildman–Crippen MR) is 105 cm³/mol. The molecule has 1 unspecified atom stereocenters. The molecule has 2 aliphatic rings. The molecule has 2 heterocycles. The minimum atomic E-state index is -1.54. The number of amides is 1. The summed E-state index contributed by atoms with van der Waals surface area (Å²) in [6, 6.07) is 2.97. The van der Waals surface area contributed by atoms with Gasteiger partial charge in [-0.2, -0.15) is 0 Å². The Hall–Kier alpha value is -2.30. The lowest BCUT2D eigenvalue weighted by Gasteiger charge is -2.40. The monoisotopic (exact) mass is 406 g/mol. The molecule has 158 valence electrons. The summed E-state index contributed by atoms with van der Waals surface area (Å²) in [5.74, 6) is -1.29. The number of aryl methyl sites for hydroxylation is 1. The zero-order valence-electron chi connectivity index (χ0n) is 16.2. The number of likely N-dealkylation sites (tertiary alicyclic amines) is 1. The molecule has 1 aromatic rings. The first-order valence-electron chi connectivity index (χ1n) is 9.94. The number of aromatic carboxylic acids is 1. The third-order valence-corrected chi connectivity index (χ3v) is 5.47. The number of phenols is 1. The second-order valence-corrected chi connectivity index (χ2v) is 7.73. The Bertz CT molecular complexity index is 746. The van der Waals surface area contributed by atoms with Crippen LogP contribution in [0, 0.1) is 5.92 Å². The van der Waals surface area contributed by atoms with Crippen molar-refractivity contribution >= 4 is 19.0 Å². The third-order valence-electron chi connectivity index (χ3n) is 5.47. The maximum atomic E-state index is 12.4. The molecule has 29 heavy (non-hydrogen) atoms. The molecule has 1 amide bonds. The van der Waals surface area contributed by atoms with Crippen molar-refractivity contribution in [3.05, 3.63) is 23.3 Å². The Morgan fingerprint density at radius 2 is 2.03 bits per heavy atom. The summed E-state index contributed by atoms with van der Waals surface area (Å²) in [6.45, 7) is 2.64. The fourth-order valence-corrected chi connectivity index (χ4v) is 3.78. The average molecular weight is 406 g/mol. The van der Waals surface area contributed by atoms with E-state index in [1.54, 1.807) is 4.90 Å². The average Bonchev–Trinajstić information content (AvgIpc) is 2.63. The van der Waals surface area contributed by atoms with Crippen LogP contribution in [0.15, 0.2) is 12.1 Å². The van der Waals surface area contributed by atoms with Gasteiger partial charge in [0.2, 0.25) is 5.91 Å². The molecule has 2 aliphatic heterocycles. The predicted octanol–water partition coefficient (Wildman–Crippen LogP) is 0.0850. The van der Waals surface area contributed by atoms with E-state index >= 15 is 0 Å². The summed E-state index contributed by atoms with van der Waals surface area (Å²) in [4.78, 5) is 25.7. The molecule has 0 spiro atoms. The zero-order chi connectivity index (χ0) is 21.0. The molecule has 1 atom stereocenters. The summed E-state index contributed by atoms with van der Waals surface area (Å²) in [6.07, 6.45) is 2.40. The van der Waals surface area contributed by atoms with Gasteiger partial charge in [-0.1, -0.05) is 6.07 Å². The number of carbonyl (C=O) groups excluding carboxylic acids is 1. The summed E-state index contributed by atoms with van der Waals surface area (Å²) in [7, 11) is -1.54. The van der Waals surface area contributed by atoms with Gasteiger partial charge in [-0.15, -0.1) is 0 Å². The fraction of sp³-hybridized carbons (Fsp3) is 0.579. The van der Waals surface area contributed by atoms with Crippen LogP contribution in [0.5, 0.6) is 11.5 Å². The number of carboxylic acid groups (broad SMARTS) is 1. The van der Waals surface area contributed by atoms with E-state index in [2.05, 4.69) is 5.32 Å². The van der Waals surface area contributed by atoms with Crippen molar-refractivity contribution in [1.82, 2.24) is 10.2 Å². The normalized spacial score (nSPS) is 19.5. The van der Waals surface area contributed by atoms with E-state index in [1.165, 1.54) is 12.1 Å². The fourth-order valence-electron chi connectivity index (χ4n) is 3.78. The second-order valence-electron chi connectivity index (χ2n) is 7.73. The maximum absolute atomic E-state index is 12.4. The Morgan fingerprint density at radius 1 is 1.28 bits per heavy atom. The molecule has 1 aromatic carbocycles. The van der Waals surface area contributed by atoms with Gasteiger partial charge >= 0.3 is 13.1 Å². The van der Waals surface area contributed by atoms with Gasteiger partial charge in [-0.25, -0.2) is 4.79 Å². The van der Waals surface area contributed by atoms with Gasteiger partial charge in [0.05, 0.1) is 13.1 Å². The number of nitrogens with zero attached hydrogens (tertiary/aromatic N) is 1. The molecule has 0 bridgehead atoms. The number of hydrogen-bond acceptors (Lipinski definition) is 7. The smallest absolute Gasteiger partial charge is 0.451 e. The largest absolute Gasteiger partial charge is 0.507 e. The maximum Gasteiger partial charge on any atom is 0.451 e. The standard InChI is InChI=1S/C19H27BN2O7/c23-16(8-12-2-1-7-21-9-12)22-10-14(11-22)29-15-4-3-13(5-6-20(27)28)18(24)17(15)19(25)26/h3-4,12,14,21,24,27-28H,1-2,5-11H2,(H,25,26). The molecule has 5 N–H and O–H groups in total. The van der Waals surface area contributed by atoms with Crippen molar-refractivity contribution in [2.75, 3.05) is 26.2 Å². The molecule has 0 radical (unpaired) electrons. The summed E-state index contributed by atoms with van der Waals surface area (Å²) in [5.41, 5.74) is -0.0534. The third kappa shape index (κ3) is 5.40. The van der Waals surface area contributed by atoms with Gasteiger partial charge in [0.25, 0.3) is 0 Å². The van der Waals surface area contributed by atoms with Crippen LogP contribution in [0.4, 0.5) is 0 Å². The molecule has 0 saturated carbocycles. The van der Waals surface area contributed by atoms with Crippen LogP contribution in [0.3, 0.4) is 0 Å². The highest BCUT2D eigenvalue weighted by molar-refractivity contribution is 6.41. The number of benzene rings is 1. The van der Waals surface area contributed by atoms with Gasteiger partial charge < -0.3 is 35.2 Å². The Kier molecular flexibility index (Phi) is 6.99. The minimum Gasteiger partial charge on any atom is -0.507 e. The minimum absolute atomic E-state index is 0.0248. The zero-order valence-corrected chi connectivity index (χ0v) is 16.2. The topological polar surface area (TPSA) is 140 Å². The molecule has 2 fully saturated rings. The summed E-state index contributed by atoms with van der Waals surface area (Å²) >= 11 is 0. The van der Waals surface area contributed by atoms with Crippen LogP contribution in [0.25, 0.3) is 0 Å². The first-order chi connectivity index (χ1) is 13.8. The Morgan fingerprint density at radius 3 is 2.66 bits per heavy atom. The number of carbonyl (C=O) groups is 2. The van der Waals surface area contributed by atoms with Crippen molar-refractivity contribution in [2.45, 2.75) is 38.1 Å². The summed E-state index contributed by atoms with van der Waals surface area (Å²) < 4.78 is 5.73. The van der Waals surface area contributed by atoms with E-state index < -0.39 is 18.8 Å². The van der Waals surface area contributed by atoms with E-state index in [-0.39, 0.29) is 36.1 Å². The number of rotatable bonds is 8. The quantitative estimate of drug-likeness (QED) is 0.383. The molecular weight excluding hydrogens is 379 g/mol. The second kappa shape index (κ2) is 9.47. The van der Waals surface area contributed by atoms with E-state index in [1.807, 2.05) is 0 Å². The van der Waals surface area contributed by atoms with Gasteiger partial charge in [0, 0.05) is 6.42 Å². The highest BCUT2D eigenvalue weighted by atomic mass is 16.5. The van der Waals surface area contributed by atoms with Crippen LogP contribution >= 0.6 is 0 Å². The van der Waals surface area contributed by atoms with Crippen LogP contribution < -0.4 is 10.1 Å². The lowest BCUT2D eigenvalue weighted by molar-refractivity contribution is -0.141. The molecule has 9 nitrogen and oxygen atoms in total. The number of nitrogens with one attached hydrogen (secondary N) is 1. The van der Waals surface area contributed by atoms with Gasteiger partial charge in [0.1, 0.15) is 23.2 Å². The molecule has 2 saturated heterocycles. The Balaban J connectivity index is 1.57. The van der Waals surface area contributed by atoms with E-state index in [0.717, 1.165) is 25.9 Å². The molecule has 10 heteroatoms. The van der Waals surface area contributed by atoms with Crippen LogP contribution in [0.2, 0.25) is 6.32 Å². The van der Waals surface area contributed by atoms with E-state index in [9.17, 15) is 19.8 Å². The van der Waals surface area contributed by atoms with Crippen molar-refractivity contribution in [1.29, 1.82) is 0 Å². The van der Waals surface area contributed by atoms with Crippen molar-refractivity contribution in [3.8, 4) is 11.5 Å². The molecule has 0 aromatic heterocycles. The van der Waals surface area contributed by atoms with E-state index in [0.29, 0.717) is 31.0 Å².